The topological polar surface area (TPSA) is 171 Å². The zero-order valence-corrected chi connectivity index (χ0v) is 25.6. The van der Waals surface area contributed by atoms with Gasteiger partial charge in [-0.25, -0.2) is 10.9 Å². The molecule has 43 heavy (non-hydrogen) atoms. The molecule has 2 amide bonds. The van der Waals surface area contributed by atoms with E-state index >= 15 is 0 Å². The van der Waals surface area contributed by atoms with Gasteiger partial charge in [0, 0.05) is 36.4 Å². The number of ether oxygens (including phenoxy) is 2. The predicted octanol–water partition coefficient (Wildman–Crippen LogP) is 4.05. The van der Waals surface area contributed by atoms with Gasteiger partial charge in [-0.3, -0.25) is 19.6 Å². The summed E-state index contributed by atoms with van der Waals surface area (Å²) in [5.74, 6) is 7.24. The van der Waals surface area contributed by atoms with Crippen LogP contribution in [0, 0.1) is 0 Å². The Morgan fingerprint density at radius 2 is 1.51 bits per heavy atom. The minimum atomic E-state index is -0.341. The third kappa shape index (κ3) is 8.06. The molecule has 1 saturated carbocycles. The quantitative estimate of drug-likeness (QED) is 0.132. The molecule has 1 aliphatic carbocycles. The van der Waals surface area contributed by atoms with E-state index in [1.165, 1.54) is 22.7 Å². The summed E-state index contributed by atoms with van der Waals surface area (Å²) in [7, 11) is 0. The first-order valence-electron chi connectivity index (χ1n) is 14.1. The molecule has 0 bridgehead atoms. The van der Waals surface area contributed by atoms with Crippen molar-refractivity contribution in [2.45, 2.75) is 64.2 Å². The van der Waals surface area contributed by atoms with E-state index in [0.717, 1.165) is 40.7 Å². The molecular weight excluding hydrogens is 591 g/mol. The minimum absolute atomic E-state index is 0.0178. The molecule has 0 spiro atoms. The van der Waals surface area contributed by atoms with E-state index < -0.39 is 0 Å². The van der Waals surface area contributed by atoms with Crippen molar-refractivity contribution >= 4 is 44.8 Å². The molecule has 0 aromatic carbocycles. The third-order valence-corrected chi connectivity index (χ3v) is 8.92. The average molecular weight is 624 g/mol. The number of carbonyl (C=O) groups excluding carboxylic acids is 2. The number of hydrazine groups is 1. The molecular formula is C28H33N9O4S2. The van der Waals surface area contributed by atoms with Crippen LogP contribution in [0.5, 0.6) is 11.5 Å². The van der Waals surface area contributed by atoms with Gasteiger partial charge in [0.15, 0.2) is 0 Å². The Bertz CT molecular complexity index is 1550. The van der Waals surface area contributed by atoms with Crippen LogP contribution in [0.15, 0.2) is 36.7 Å². The van der Waals surface area contributed by atoms with Gasteiger partial charge < -0.3 is 14.8 Å². The number of anilines is 2. The predicted molar refractivity (Wildman–Crippen MR) is 162 cm³/mol. The lowest BCUT2D eigenvalue weighted by Gasteiger charge is -2.25. The van der Waals surface area contributed by atoms with Crippen LogP contribution in [0.1, 0.15) is 72.8 Å². The first kappa shape index (κ1) is 30.4. The Morgan fingerprint density at radius 3 is 2.16 bits per heavy atom. The number of aromatic nitrogens is 6. The van der Waals surface area contributed by atoms with E-state index in [2.05, 4.69) is 35.7 Å². The number of pyridine rings is 2. The van der Waals surface area contributed by atoms with Gasteiger partial charge >= 0.3 is 0 Å². The Labute approximate surface area is 256 Å². The van der Waals surface area contributed by atoms with E-state index in [9.17, 15) is 9.59 Å². The van der Waals surface area contributed by atoms with Crippen LogP contribution in [-0.4, -0.2) is 55.4 Å². The van der Waals surface area contributed by atoms with Crippen LogP contribution in [0.25, 0.3) is 0 Å². The summed E-state index contributed by atoms with van der Waals surface area (Å²) >= 11 is 2.71. The second kappa shape index (κ2) is 14.4. The van der Waals surface area contributed by atoms with Gasteiger partial charge in [0.1, 0.15) is 21.5 Å². The summed E-state index contributed by atoms with van der Waals surface area (Å²) in [5.41, 5.74) is 1.18. The molecule has 4 heterocycles. The Kier molecular flexibility index (Phi) is 10.2. The van der Waals surface area contributed by atoms with Crippen molar-refractivity contribution < 1.29 is 19.1 Å². The number of rotatable bonds is 12. The molecule has 3 N–H and O–H groups in total. The molecule has 2 atom stereocenters. The lowest BCUT2D eigenvalue weighted by atomic mass is 9.82. The summed E-state index contributed by atoms with van der Waals surface area (Å²) in [6, 6.07) is 6.99. The van der Waals surface area contributed by atoms with Crippen molar-refractivity contribution in [3.8, 4) is 11.5 Å². The highest BCUT2D eigenvalue weighted by Crippen LogP contribution is 2.43. The molecule has 226 valence electrons. The number of nitrogens with one attached hydrogen (secondary N) is 1. The first-order valence-corrected chi connectivity index (χ1v) is 15.7. The summed E-state index contributed by atoms with van der Waals surface area (Å²) in [6.45, 7) is 4.86. The van der Waals surface area contributed by atoms with Gasteiger partial charge in [0.2, 0.25) is 22.1 Å². The van der Waals surface area contributed by atoms with Gasteiger partial charge in [-0.15, -0.1) is 20.4 Å². The maximum Gasteiger partial charge on any atom is 0.249 e. The lowest BCUT2D eigenvalue weighted by Crippen LogP contribution is -2.38. The fourth-order valence-corrected chi connectivity index (χ4v) is 6.71. The van der Waals surface area contributed by atoms with E-state index in [1.807, 2.05) is 13.8 Å². The Hall–Kier alpha value is -4.08. The van der Waals surface area contributed by atoms with E-state index in [0.29, 0.717) is 46.4 Å². The molecule has 13 nitrogen and oxygen atoms in total. The standard InChI is InChI=1S/C28H33N9O4S2/c1-3-40-21-8-10-30-19(13-21)15-23(38)32-27-35-33-25(42-27)17-6-5-7-18(12-17)26-34-36-28(43-26)37(29)24(39)16-20-14-22(41-4-2)9-11-31-20/h8-11,13-14,17-18H,3-7,12,15-16,29H2,1-2H3,(H,32,35,38)/t17-,18-/m0/s1. The van der Waals surface area contributed by atoms with Crippen LogP contribution in [0.4, 0.5) is 10.3 Å². The Balaban J connectivity index is 1.16. The van der Waals surface area contributed by atoms with Gasteiger partial charge in [0.05, 0.1) is 37.4 Å². The van der Waals surface area contributed by atoms with Gasteiger partial charge in [-0.2, -0.15) is 0 Å². The molecule has 0 radical (unpaired) electrons. The van der Waals surface area contributed by atoms with Crippen molar-refractivity contribution in [1.82, 2.24) is 30.4 Å². The van der Waals surface area contributed by atoms with Crippen LogP contribution < -0.4 is 25.6 Å². The molecule has 1 aliphatic rings. The zero-order valence-electron chi connectivity index (χ0n) is 23.9. The highest BCUT2D eigenvalue weighted by molar-refractivity contribution is 7.15. The van der Waals surface area contributed by atoms with Gasteiger partial charge in [-0.05, 0) is 45.2 Å². The lowest BCUT2D eigenvalue weighted by molar-refractivity contribution is -0.118. The first-order chi connectivity index (χ1) is 20.9. The summed E-state index contributed by atoms with van der Waals surface area (Å²) in [5, 5.41) is 23.5. The van der Waals surface area contributed by atoms with Crippen molar-refractivity contribution in [3.63, 3.8) is 0 Å². The molecule has 1 fully saturated rings. The molecule has 15 heteroatoms. The average Bonchev–Trinajstić information content (AvgIpc) is 3.68. The van der Waals surface area contributed by atoms with Crippen LogP contribution in [-0.2, 0) is 22.4 Å². The van der Waals surface area contributed by atoms with Crippen LogP contribution in [0.3, 0.4) is 0 Å². The number of amides is 2. The van der Waals surface area contributed by atoms with E-state index in [1.54, 1.807) is 36.7 Å². The Morgan fingerprint density at radius 1 is 0.907 bits per heavy atom. The normalized spacial score (nSPS) is 16.4. The van der Waals surface area contributed by atoms with Crippen molar-refractivity contribution in [3.05, 3.63) is 58.1 Å². The summed E-state index contributed by atoms with van der Waals surface area (Å²) < 4.78 is 11.0. The molecule has 0 unspecified atom stereocenters. The summed E-state index contributed by atoms with van der Waals surface area (Å²) in [6.07, 6.45) is 7.08. The maximum absolute atomic E-state index is 12.8. The summed E-state index contributed by atoms with van der Waals surface area (Å²) in [4.78, 5) is 33.9. The van der Waals surface area contributed by atoms with Gasteiger partial charge in [0.25, 0.3) is 0 Å². The maximum atomic E-state index is 12.8. The second-order valence-electron chi connectivity index (χ2n) is 9.93. The van der Waals surface area contributed by atoms with Gasteiger partial charge in [-0.1, -0.05) is 29.1 Å². The molecule has 0 saturated heterocycles. The molecule has 4 aromatic rings. The smallest absolute Gasteiger partial charge is 0.249 e. The van der Waals surface area contributed by atoms with Crippen molar-refractivity contribution in [2.24, 2.45) is 5.84 Å². The fraction of sp³-hybridized carbons (Fsp3) is 0.429. The molecule has 5 rings (SSSR count). The number of nitrogens with two attached hydrogens (primary N) is 1. The van der Waals surface area contributed by atoms with E-state index in [-0.39, 0.29) is 36.5 Å². The van der Waals surface area contributed by atoms with E-state index in [4.69, 9.17) is 15.3 Å². The zero-order chi connectivity index (χ0) is 30.2. The second-order valence-corrected chi connectivity index (χ2v) is 11.9. The molecule has 0 aliphatic heterocycles. The minimum Gasteiger partial charge on any atom is -0.494 e. The number of carbonyl (C=O) groups is 2. The number of hydrogen-bond acceptors (Lipinski definition) is 13. The third-order valence-electron chi connectivity index (χ3n) is 6.84. The molecule has 4 aromatic heterocycles. The highest BCUT2D eigenvalue weighted by Gasteiger charge is 2.30. The monoisotopic (exact) mass is 623 g/mol. The SMILES string of the molecule is CCOc1ccnc(CC(=O)Nc2nnc([C@H]3CCC[C@H](c4nnc(N(N)C(=O)Cc5cc(OCC)ccn5)s4)C3)s2)c1. The van der Waals surface area contributed by atoms with Crippen molar-refractivity contribution in [1.29, 1.82) is 0 Å². The fourth-order valence-electron chi connectivity index (χ4n) is 4.87. The number of nitrogens with zero attached hydrogens (tertiary/aromatic N) is 7. The van der Waals surface area contributed by atoms with Crippen molar-refractivity contribution in [2.75, 3.05) is 23.5 Å². The van der Waals surface area contributed by atoms with Crippen LogP contribution in [0.2, 0.25) is 0 Å². The largest absolute Gasteiger partial charge is 0.494 e. The number of hydrogen-bond donors (Lipinski definition) is 2. The van der Waals surface area contributed by atoms with Crippen LogP contribution >= 0.6 is 22.7 Å². The highest BCUT2D eigenvalue weighted by atomic mass is 32.1.